The molecule has 1 fully saturated rings. The molecule has 2 nitrogen and oxygen atoms in total. The first-order chi connectivity index (χ1) is 8.42. The number of nitrogens with zero attached hydrogens (tertiary/aromatic N) is 1. The van der Waals surface area contributed by atoms with Crippen molar-refractivity contribution in [2.75, 3.05) is 18.0 Å². The zero-order chi connectivity index (χ0) is 13.3. The molecule has 0 saturated carbocycles. The van der Waals surface area contributed by atoms with Crippen molar-refractivity contribution in [3.8, 4) is 0 Å². The highest BCUT2D eigenvalue weighted by atomic mass is 35.5. The van der Waals surface area contributed by atoms with E-state index in [1.807, 2.05) is 6.07 Å². The maximum atomic E-state index is 6.06. The molecule has 0 radical (unpaired) electrons. The first-order valence-corrected chi connectivity index (χ1v) is 7.06. The van der Waals surface area contributed by atoms with E-state index < -0.39 is 0 Å². The molecule has 2 rings (SSSR count). The molecule has 1 atom stereocenters. The average molecular weight is 267 g/mol. The van der Waals surface area contributed by atoms with Crippen LogP contribution in [0, 0.1) is 6.92 Å². The van der Waals surface area contributed by atoms with Crippen molar-refractivity contribution in [2.24, 2.45) is 0 Å². The predicted molar refractivity (Wildman–Crippen MR) is 79.7 cm³/mol. The van der Waals surface area contributed by atoms with E-state index in [1.165, 1.54) is 11.3 Å². The van der Waals surface area contributed by atoms with Crippen LogP contribution in [0.25, 0.3) is 0 Å². The summed E-state index contributed by atoms with van der Waals surface area (Å²) < 4.78 is 0. The lowest BCUT2D eigenvalue weighted by atomic mass is 9.95. The number of hydrogen-bond acceptors (Lipinski definition) is 2. The van der Waals surface area contributed by atoms with Gasteiger partial charge in [0.25, 0.3) is 0 Å². The van der Waals surface area contributed by atoms with Gasteiger partial charge < -0.3 is 10.2 Å². The van der Waals surface area contributed by atoms with E-state index >= 15 is 0 Å². The Kier molecular flexibility index (Phi) is 3.88. The Hall–Kier alpha value is -0.730. The minimum atomic E-state index is 0.168. The Balaban J connectivity index is 2.43. The molecule has 1 N–H and O–H groups in total. The van der Waals surface area contributed by atoms with Crippen LogP contribution in [0.2, 0.25) is 5.02 Å². The van der Waals surface area contributed by atoms with Crippen molar-refractivity contribution in [1.29, 1.82) is 0 Å². The van der Waals surface area contributed by atoms with Crippen molar-refractivity contribution in [2.45, 2.75) is 45.7 Å². The van der Waals surface area contributed by atoms with E-state index in [-0.39, 0.29) is 5.54 Å². The Morgan fingerprint density at radius 3 is 2.78 bits per heavy atom. The van der Waals surface area contributed by atoms with Gasteiger partial charge in [0, 0.05) is 28.8 Å². The first-order valence-electron chi connectivity index (χ1n) is 6.68. The minimum Gasteiger partial charge on any atom is -0.362 e. The number of benzene rings is 1. The summed E-state index contributed by atoms with van der Waals surface area (Å²) in [5, 5.41) is 4.33. The maximum absolute atomic E-state index is 6.06. The van der Waals surface area contributed by atoms with E-state index in [1.54, 1.807) is 0 Å². The van der Waals surface area contributed by atoms with Crippen molar-refractivity contribution in [1.82, 2.24) is 5.32 Å². The summed E-state index contributed by atoms with van der Waals surface area (Å²) in [4.78, 5) is 2.54. The molecular formula is C15H23ClN2. The van der Waals surface area contributed by atoms with Crippen LogP contribution in [-0.2, 0) is 0 Å². The molecule has 1 aliphatic heterocycles. The van der Waals surface area contributed by atoms with Crippen LogP contribution >= 0.6 is 11.6 Å². The first kappa shape index (κ1) is 13.7. The number of halogens is 1. The Morgan fingerprint density at radius 1 is 1.39 bits per heavy atom. The number of rotatable bonds is 1. The molecule has 1 unspecified atom stereocenters. The lowest BCUT2D eigenvalue weighted by Gasteiger charge is -2.43. The molecule has 0 aromatic heterocycles. The van der Waals surface area contributed by atoms with Gasteiger partial charge in [-0.25, -0.2) is 0 Å². The van der Waals surface area contributed by atoms with Crippen molar-refractivity contribution >= 4 is 17.3 Å². The minimum absolute atomic E-state index is 0.168. The summed E-state index contributed by atoms with van der Waals surface area (Å²) in [6.07, 6.45) is 1.15. The number of nitrogens with one attached hydrogen (secondary N) is 1. The van der Waals surface area contributed by atoms with Gasteiger partial charge in [-0.1, -0.05) is 11.6 Å². The SMILES string of the molecule is Cc1cc(Cl)ccc1N1C(C)CNCCC1(C)C. The van der Waals surface area contributed by atoms with Crippen LogP contribution in [0.3, 0.4) is 0 Å². The highest BCUT2D eigenvalue weighted by Gasteiger charge is 2.33. The molecule has 1 aromatic rings. The molecule has 0 aliphatic carbocycles. The van der Waals surface area contributed by atoms with Crippen LogP contribution in [-0.4, -0.2) is 24.7 Å². The average Bonchev–Trinajstić information content (AvgIpc) is 2.39. The topological polar surface area (TPSA) is 15.3 Å². The molecule has 1 saturated heterocycles. The second-order valence-electron chi connectivity index (χ2n) is 5.92. The molecule has 18 heavy (non-hydrogen) atoms. The van der Waals surface area contributed by atoms with Gasteiger partial charge in [0.2, 0.25) is 0 Å². The third-order valence-electron chi connectivity index (χ3n) is 3.86. The second kappa shape index (κ2) is 5.10. The monoisotopic (exact) mass is 266 g/mol. The molecule has 0 bridgehead atoms. The van der Waals surface area contributed by atoms with Gasteiger partial charge in [0.15, 0.2) is 0 Å². The summed E-state index contributed by atoms with van der Waals surface area (Å²) in [7, 11) is 0. The molecule has 3 heteroatoms. The Bertz CT molecular complexity index is 429. The lowest BCUT2D eigenvalue weighted by Crippen LogP contribution is -2.50. The van der Waals surface area contributed by atoms with Crippen molar-refractivity contribution < 1.29 is 0 Å². The highest BCUT2D eigenvalue weighted by Crippen LogP contribution is 2.33. The fraction of sp³-hybridized carbons (Fsp3) is 0.600. The summed E-state index contributed by atoms with van der Waals surface area (Å²) in [6.45, 7) is 11.2. The van der Waals surface area contributed by atoms with Crippen molar-refractivity contribution in [3.05, 3.63) is 28.8 Å². The third-order valence-corrected chi connectivity index (χ3v) is 4.10. The van der Waals surface area contributed by atoms with Crippen LogP contribution in [0.15, 0.2) is 18.2 Å². The normalized spacial score (nSPS) is 23.8. The van der Waals surface area contributed by atoms with Gasteiger partial charge in [-0.15, -0.1) is 0 Å². The molecule has 0 spiro atoms. The van der Waals surface area contributed by atoms with E-state index in [9.17, 15) is 0 Å². The van der Waals surface area contributed by atoms with Crippen LogP contribution in [0.5, 0.6) is 0 Å². The van der Waals surface area contributed by atoms with Crippen LogP contribution in [0.4, 0.5) is 5.69 Å². The van der Waals surface area contributed by atoms with E-state index in [0.717, 1.165) is 24.5 Å². The summed E-state index contributed by atoms with van der Waals surface area (Å²) in [5.74, 6) is 0. The smallest absolute Gasteiger partial charge is 0.0410 e. The van der Waals surface area contributed by atoms with Crippen LogP contribution in [0.1, 0.15) is 32.8 Å². The molecule has 1 aromatic carbocycles. The zero-order valence-electron chi connectivity index (χ0n) is 11.8. The standard InChI is InChI=1S/C15H23ClN2/c1-11-9-13(16)5-6-14(11)18-12(2)10-17-8-7-15(18,3)4/h5-6,9,12,17H,7-8,10H2,1-4H3. The number of hydrogen-bond donors (Lipinski definition) is 1. The number of aryl methyl sites for hydroxylation is 1. The van der Waals surface area contributed by atoms with Gasteiger partial charge in [-0.2, -0.15) is 0 Å². The van der Waals surface area contributed by atoms with Crippen molar-refractivity contribution in [3.63, 3.8) is 0 Å². The van der Waals surface area contributed by atoms with Gasteiger partial charge in [-0.3, -0.25) is 0 Å². The van der Waals surface area contributed by atoms with Gasteiger partial charge in [0.1, 0.15) is 0 Å². The molecule has 1 heterocycles. The van der Waals surface area contributed by atoms with Gasteiger partial charge in [0.05, 0.1) is 0 Å². The highest BCUT2D eigenvalue weighted by molar-refractivity contribution is 6.30. The summed E-state index contributed by atoms with van der Waals surface area (Å²) >= 11 is 6.06. The second-order valence-corrected chi connectivity index (χ2v) is 6.35. The summed E-state index contributed by atoms with van der Waals surface area (Å²) in [5.41, 5.74) is 2.73. The Labute approximate surface area is 115 Å². The predicted octanol–water partition coefficient (Wildman–Crippen LogP) is 3.62. The van der Waals surface area contributed by atoms with Gasteiger partial charge >= 0.3 is 0 Å². The fourth-order valence-electron chi connectivity index (χ4n) is 2.97. The molecule has 0 amide bonds. The van der Waals surface area contributed by atoms with Crippen LogP contribution < -0.4 is 10.2 Å². The molecule has 1 aliphatic rings. The lowest BCUT2D eigenvalue weighted by molar-refractivity contribution is 0.425. The van der Waals surface area contributed by atoms with Gasteiger partial charge in [-0.05, 0) is 64.4 Å². The maximum Gasteiger partial charge on any atom is 0.0410 e. The molecule has 100 valence electrons. The van der Waals surface area contributed by atoms with E-state index in [0.29, 0.717) is 6.04 Å². The number of anilines is 1. The fourth-order valence-corrected chi connectivity index (χ4v) is 3.19. The zero-order valence-corrected chi connectivity index (χ0v) is 12.5. The van der Waals surface area contributed by atoms with E-state index in [2.05, 4.69) is 50.0 Å². The summed E-state index contributed by atoms with van der Waals surface area (Å²) in [6, 6.07) is 6.69. The largest absolute Gasteiger partial charge is 0.362 e. The molecular weight excluding hydrogens is 244 g/mol. The van der Waals surface area contributed by atoms with E-state index in [4.69, 9.17) is 11.6 Å². The quantitative estimate of drug-likeness (QED) is 0.835. The third kappa shape index (κ3) is 2.65. The Morgan fingerprint density at radius 2 is 2.11 bits per heavy atom.